The molecule has 144 valence electrons. The lowest BCUT2D eigenvalue weighted by molar-refractivity contribution is 0.1000. The van der Waals surface area contributed by atoms with Gasteiger partial charge >= 0.3 is 0 Å². The van der Waals surface area contributed by atoms with E-state index in [0.29, 0.717) is 34.4 Å². The standard InChI is InChI=1S/C21H26N2O3S/c1-3-7-13-10-11-15-17(12-13)27-21(18(15)19(22)24)23-20(25)14-8-5-6-9-16(14)26-4-2/h5-6,8-9,13H,3-4,7,10-12H2,1-2H3,(H2,22,24)(H,23,25)/t13-/m1/s1. The lowest BCUT2D eigenvalue weighted by Gasteiger charge is -2.21. The Morgan fingerprint density at radius 2 is 2.07 bits per heavy atom. The Kier molecular flexibility index (Phi) is 6.16. The number of anilines is 1. The van der Waals surface area contributed by atoms with Gasteiger partial charge in [0.1, 0.15) is 10.8 Å². The van der Waals surface area contributed by atoms with Gasteiger partial charge in [0.05, 0.1) is 17.7 Å². The van der Waals surface area contributed by atoms with Crippen LogP contribution in [0.15, 0.2) is 24.3 Å². The summed E-state index contributed by atoms with van der Waals surface area (Å²) in [5.74, 6) is 0.409. The van der Waals surface area contributed by atoms with E-state index in [2.05, 4.69) is 12.2 Å². The molecule has 1 aromatic carbocycles. The summed E-state index contributed by atoms with van der Waals surface area (Å²) in [4.78, 5) is 26.1. The monoisotopic (exact) mass is 386 g/mol. The van der Waals surface area contributed by atoms with Gasteiger partial charge in [0.2, 0.25) is 0 Å². The van der Waals surface area contributed by atoms with Crippen LogP contribution in [-0.2, 0) is 12.8 Å². The van der Waals surface area contributed by atoms with Gasteiger partial charge in [-0.2, -0.15) is 0 Å². The number of hydrogen-bond acceptors (Lipinski definition) is 4. The molecular formula is C21H26N2O3S. The first-order valence-corrected chi connectivity index (χ1v) is 10.3. The maximum absolute atomic E-state index is 12.8. The van der Waals surface area contributed by atoms with Gasteiger partial charge in [-0.3, -0.25) is 9.59 Å². The molecule has 0 bridgehead atoms. The number of benzene rings is 1. The molecule has 3 rings (SSSR count). The van der Waals surface area contributed by atoms with E-state index in [9.17, 15) is 9.59 Å². The van der Waals surface area contributed by atoms with E-state index in [4.69, 9.17) is 10.5 Å². The number of nitrogens with two attached hydrogens (primary N) is 1. The third-order valence-electron chi connectivity index (χ3n) is 4.97. The smallest absolute Gasteiger partial charge is 0.260 e. The minimum absolute atomic E-state index is 0.287. The van der Waals surface area contributed by atoms with Gasteiger partial charge in [-0.05, 0) is 49.8 Å². The second kappa shape index (κ2) is 8.57. The van der Waals surface area contributed by atoms with E-state index in [1.165, 1.54) is 22.6 Å². The summed E-state index contributed by atoms with van der Waals surface area (Å²) >= 11 is 1.49. The minimum atomic E-state index is -0.477. The van der Waals surface area contributed by atoms with Crippen molar-refractivity contribution in [3.63, 3.8) is 0 Å². The van der Waals surface area contributed by atoms with Crippen molar-refractivity contribution in [2.45, 2.75) is 46.0 Å². The predicted octanol–water partition coefficient (Wildman–Crippen LogP) is 4.40. The molecule has 0 radical (unpaired) electrons. The number of carbonyl (C=O) groups excluding carboxylic acids is 2. The number of hydrogen-bond donors (Lipinski definition) is 2. The number of primary amides is 1. The van der Waals surface area contributed by atoms with Gasteiger partial charge in [-0.25, -0.2) is 0 Å². The Labute approximate surface area is 163 Å². The number of rotatable bonds is 7. The summed E-state index contributed by atoms with van der Waals surface area (Å²) in [6, 6.07) is 7.10. The van der Waals surface area contributed by atoms with E-state index < -0.39 is 5.91 Å². The average Bonchev–Trinajstić information content (AvgIpc) is 3.00. The van der Waals surface area contributed by atoms with Crippen LogP contribution in [-0.4, -0.2) is 18.4 Å². The molecule has 0 aliphatic heterocycles. The first kappa shape index (κ1) is 19.4. The van der Waals surface area contributed by atoms with E-state index in [1.807, 2.05) is 13.0 Å². The molecule has 1 heterocycles. The summed E-state index contributed by atoms with van der Waals surface area (Å²) in [6.07, 6.45) is 5.22. The quantitative estimate of drug-likeness (QED) is 0.740. The SMILES string of the molecule is CCC[C@@H]1CCc2c(sc(NC(=O)c3ccccc3OCC)c2C(N)=O)C1. The first-order chi connectivity index (χ1) is 13.0. The number of carbonyl (C=O) groups is 2. The number of nitrogens with one attached hydrogen (secondary N) is 1. The number of para-hydroxylation sites is 1. The number of thiophene rings is 1. The molecule has 1 aliphatic rings. The first-order valence-electron chi connectivity index (χ1n) is 9.52. The summed E-state index contributed by atoms with van der Waals surface area (Å²) in [5, 5.41) is 3.47. The van der Waals surface area contributed by atoms with Gasteiger partial charge in [0.15, 0.2) is 0 Å². The fraction of sp³-hybridized carbons (Fsp3) is 0.429. The van der Waals surface area contributed by atoms with Crippen molar-refractivity contribution in [2.24, 2.45) is 11.7 Å². The molecule has 5 nitrogen and oxygen atoms in total. The van der Waals surface area contributed by atoms with E-state index >= 15 is 0 Å². The highest BCUT2D eigenvalue weighted by Gasteiger charge is 2.28. The van der Waals surface area contributed by atoms with Gasteiger partial charge < -0.3 is 15.8 Å². The Morgan fingerprint density at radius 3 is 2.78 bits per heavy atom. The summed E-state index contributed by atoms with van der Waals surface area (Å²) < 4.78 is 5.55. The van der Waals surface area contributed by atoms with Crippen molar-refractivity contribution < 1.29 is 14.3 Å². The third-order valence-corrected chi connectivity index (χ3v) is 6.14. The molecule has 1 atom stereocenters. The minimum Gasteiger partial charge on any atom is -0.493 e. The molecule has 2 amide bonds. The third kappa shape index (κ3) is 4.16. The zero-order valence-electron chi connectivity index (χ0n) is 15.8. The lowest BCUT2D eigenvalue weighted by Crippen LogP contribution is -2.20. The second-order valence-electron chi connectivity index (χ2n) is 6.85. The second-order valence-corrected chi connectivity index (χ2v) is 7.96. The Hall–Kier alpha value is -2.34. The van der Waals surface area contributed by atoms with Crippen LogP contribution < -0.4 is 15.8 Å². The Morgan fingerprint density at radius 1 is 1.30 bits per heavy atom. The maximum Gasteiger partial charge on any atom is 0.260 e. The Balaban J connectivity index is 1.89. The molecule has 1 aliphatic carbocycles. The summed E-state index contributed by atoms with van der Waals surface area (Å²) in [7, 11) is 0. The number of amides is 2. The average molecular weight is 387 g/mol. The van der Waals surface area contributed by atoms with Gasteiger partial charge in [0, 0.05) is 4.88 Å². The van der Waals surface area contributed by atoms with Crippen LogP contribution in [0.2, 0.25) is 0 Å². The van der Waals surface area contributed by atoms with Gasteiger partial charge in [-0.15, -0.1) is 11.3 Å². The van der Waals surface area contributed by atoms with Crippen LogP contribution in [0, 0.1) is 5.92 Å². The topological polar surface area (TPSA) is 81.4 Å². The van der Waals surface area contributed by atoms with Crippen molar-refractivity contribution in [3.05, 3.63) is 45.8 Å². The van der Waals surface area contributed by atoms with Crippen LogP contribution in [0.5, 0.6) is 5.75 Å². The van der Waals surface area contributed by atoms with Gasteiger partial charge in [-0.1, -0.05) is 31.9 Å². The largest absolute Gasteiger partial charge is 0.493 e. The van der Waals surface area contributed by atoms with E-state index in [-0.39, 0.29) is 5.91 Å². The van der Waals surface area contributed by atoms with Crippen molar-refractivity contribution in [1.82, 2.24) is 0 Å². The lowest BCUT2D eigenvalue weighted by atomic mass is 9.84. The molecular weight excluding hydrogens is 360 g/mol. The Bertz CT molecular complexity index is 844. The molecule has 0 saturated carbocycles. The van der Waals surface area contributed by atoms with Crippen molar-refractivity contribution in [3.8, 4) is 5.75 Å². The normalized spacial score (nSPS) is 15.9. The highest BCUT2D eigenvalue weighted by atomic mass is 32.1. The molecule has 3 N–H and O–H groups in total. The molecule has 2 aromatic rings. The zero-order valence-corrected chi connectivity index (χ0v) is 16.7. The fourth-order valence-electron chi connectivity index (χ4n) is 3.76. The highest BCUT2D eigenvalue weighted by Crippen LogP contribution is 2.40. The molecule has 0 spiro atoms. The van der Waals surface area contributed by atoms with Crippen LogP contribution in [0.3, 0.4) is 0 Å². The van der Waals surface area contributed by atoms with Crippen molar-refractivity contribution in [2.75, 3.05) is 11.9 Å². The highest BCUT2D eigenvalue weighted by molar-refractivity contribution is 7.17. The molecule has 0 fully saturated rings. The zero-order chi connectivity index (χ0) is 19.4. The van der Waals surface area contributed by atoms with E-state index in [0.717, 1.165) is 31.2 Å². The predicted molar refractivity (Wildman–Crippen MR) is 109 cm³/mol. The van der Waals surface area contributed by atoms with Crippen molar-refractivity contribution >= 4 is 28.2 Å². The van der Waals surface area contributed by atoms with Crippen LogP contribution in [0.1, 0.15) is 64.3 Å². The van der Waals surface area contributed by atoms with Crippen LogP contribution >= 0.6 is 11.3 Å². The van der Waals surface area contributed by atoms with Gasteiger partial charge in [0.25, 0.3) is 11.8 Å². The van der Waals surface area contributed by atoms with Crippen LogP contribution in [0.25, 0.3) is 0 Å². The number of ether oxygens (including phenoxy) is 1. The molecule has 0 unspecified atom stereocenters. The van der Waals surface area contributed by atoms with Crippen LogP contribution in [0.4, 0.5) is 5.00 Å². The van der Waals surface area contributed by atoms with Crippen molar-refractivity contribution in [1.29, 1.82) is 0 Å². The fourth-order valence-corrected chi connectivity index (χ4v) is 5.13. The van der Waals surface area contributed by atoms with E-state index in [1.54, 1.807) is 18.2 Å². The molecule has 27 heavy (non-hydrogen) atoms. The molecule has 6 heteroatoms. The summed E-state index contributed by atoms with van der Waals surface area (Å²) in [5.41, 5.74) is 7.61. The molecule has 0 saturated heterocycles. The number of fused-ring (bicyclic) bond motifs is 1. The summed E-state index contributed by atoms with van der Waals surface area (Å²) in [6.45, 7) is 4.54. The maximum atomic E-state index is 12.8. The molecule has 1 aromatic heterocycles.